The molecule has 0 heterocycles. The SMILES string of the molecule is CC1C2CC(CC(C)(C(F)(F)F)C(F)(F)F)C(C2)C1C.CC1C2CC(CC(O)(C(F)(F)F)C(F)(F)F)C(C2)C1C. The highest BCUT2D eigenvalue weighted by Crippen LogP contribution is 2.62. The van der Waals surface area contributed by atoms with Gasteiger partial charge in [0.05, 0.1) is 0 Å². The Morgan fingerprint density at radius 3 is 1.07 bits per heavy atom. The van der Waals surface area contributed by atoms with Gasteiger partial charge in [0, 0.05) is 0 Å². The van der Waals surface area contributed by atoms with Crippen LogP contribution in [-0.2, 0) is 0 Å². The Bertz CT molecular complexity index is 784. The topological polar surface area (TPSA) is 20.2 Å². The molecule has 0 spiro atoms. The largest absolute Gasteiger partial charge is 0.426 e. The van der Waals surface area contributed by atoms with E-state index in [9.17, 15) is 57.8 Å². The van der Waals surface area contributed by atoms with Crippen LogP contribution in [0.2, 0.25) is 0 Å². The Morgan fingerprint density at radius 1 is 0.500 bits per heavy atom. The van der Waals surface area contributed by atoms with Gasteiger partial charge >= 0.3 is 24.7 Å². The summed E-state index contributed by atoms with van der Waals surface area (Å²) in [6.45, 7) is 8.19. The first-order chi connectivity index (χ1) is 17.8. The average molecular weight is 607 g/mol. The van der Waals surface area contributed by atoms with E-state index in [1.54, 1.807) is 0 Å². The maximum absolute atomic E-state index is 12.9. The third-order valence-corrected chi connectivity index (χ3v) is 11.5. The first kappa shape index (κ1) is 33.6. The number of hydrogen-bond acceptors (Lipinski definition) is 1. The van der Waals surface area contributed by atoms with E-state index in [4.69, 9.17) is 0 Å². The highest BCUT2D eigenvalue weighted by Gasteiger charge is 2.72. The Morgan fingerprint density at radius 2 is 0.825 bits per heavy atom. The molecular formula is C27H38F12O. The lowest BCUT2D eigenvalue weighted by Crippen LogP contribution is -2.58. The summed E-state index contributed by atoms with van der Waals surface area (Å²) >= 11 is 0. The minimum atomic E-state index is -5.69. The molecule has 0 radical (unpaired) electrons. The fourth-order valence-electron chi connectivity index (χ4n) is 8.35. The van der Waals surface area contributed by atoms with Gasteiger partial charge in [-0.15, -0.1) is 0 Å². The zero-order valence-corrected chi connectivity index (χ0v) is 23.0. The van der Waals surface area contributed by atoms with Crippen molar-refractivity contribution in [1.29, 1.82) is 0 Å². The van der Waals surface area contributed by atoms with Crippen molar-refractivity contribution in [3.8, 4) is 0 Å². The minimum Gasteiger partial charge on any atom is -0.374 e. The van der Waals surface area contributed by atoms with E-state index in [0.717, 1.165) is 6.42 Å². The second-order valence-electron chi connectivity index (χ2n) is 13.3. The van der Waals surface area contributed by atoms with E-state index in [1.807, 2.05) is 20.8 Å². The minimum absolute atomic E-state index is 0.0130. The van der Waals surface area contributed by atoms with Crippen molar-refractivity contribution in [1.82, 2.24) is 0 Å². The van der Waals surface area contributed by atoms with Crippen LogP contribution in [0.4, 0.5) is 52.7 Å². The number of aliphatic hydroxyl groups is 1. The molecule has 4 bridgehead atoms. The van der Waals surface area contributed by atoms with Crippen molar-refractivity contribution in [2.75, 3.05) is 0 Å². The summed E-state index contributed by atoms with van der Waals surface area (Å²) < 4.78 is 154. The molecule has 0 aliphatic heterocycles. The van der Waals surface area contributed by atoms with Gasteiger partial charge in [-0.1, -0.05) is 27.7 Å². The third-order valence-electron chi connectivity index (χ3n) is 11.5. The number of hydrogen-bond donors (Lipinski definition) is 1. The second-order valence-corrected chi connectivity index (χ2v) is 13.3. The normalized spacial score (nSPS) is 38.5. The fraction of sp³-hybridized carbons (Fsp3) is 1.00. The Hall–Kier alpha value is -0.880. The summed E-state index contributed by atoms with van der Waals surface area (Å²) in [5.74, 6) is 0.273. The highest BCUT2D eigenvalue weighted by molar-refractivity contribution is 5.04. The predicted molar refractivity (Wildman–Crippen MR) is 123 cm³/mol. The lowest BCUT2D eigenvalue weighted by molar-refractivity contribution is -0.373. The fourth-order valence-corrected chi connectivity index (χ4v) is 8.35. The van der Waals surface area contributed by atoms with E-state index < -0.39 is 60.4 Å². The summed E-state index contributed by atoms with van der Waals surface area (Å²) in [5, 5.41) is 9.28. The van der Waals surface area contributed by atoms with Crippen LogP contribution in [0.5, 0.6) is 0 Å². The van der Waals surface area contributed by atoms with Crippen molar-refractivity contribution in [2.45, 2.75) is 103 Å². The molecule has 0 aromatic rings. The van der Waals surface area contributed by atoms with E-state index in [0.29, 0.717) is 43.9 Å². The van der Waals surface area contributed by atoms with Gasteiger partial charge in [0.1, 0.15) is 0 Å². The Labute approximate surface area is 226 Å². The lowest BCUT2D eigenvalue weighted by atomic mass is 9.69. The van der Waals surface area contributed by atoms with Gasteiger partial charge in [-0.2, -0.15) is 52.7 Å². The van der Waals surface area contributed by atoms with Crippen LogP contribution in [0.3, 0.4) is 0 Å². The first-order valence-corrected chi connectivity index (χ1v) is 13.8. The summed E-state index contributed by atoms with van der Waals surface area (Å²) in [6, 6.07) is 0. The number of fused-ring (bicyclic) bond motifs is 4. The molecule has 10 atom stereocenters. The van der Waals surface area contributed by atoms with Gasteiger partial charge in [-0.25, -0.2) is 0 Å². The molecule has 0 aromatic heterocycles. The summed E-state index contributed by atoms with van der Waals surface area (Å²) in [7, 11) is 0. The molecule has 1 nitrogen and oxygen atoms in total. The van der Waals surface area contributed by atoms with Gasteiger partial charge in [-0.05, 0) is 105 Å². The summed E-state index contributed by atoms with van der Waals surface area (Å²) in [5.41, 5.74) is -8.17. The van der Waals surface area contributed by atoms with Gasteiger partial charge in [0.25, 0.3) is 5.60 Å². The maximum atomic E-state index is 12.9. The van der Waals surface area contributed by atoms with Gasteiger partial charge in [0.2, 0.25) is 0 Å². The van der Waals surface area contributed by atoms with Crippen LogP contribution in [0.25, 0.3) is 0 Å². The standard InChI is InChI=1S/C14H20F6.C13H18F6O/c1-7-8(2)11-5-9(7)4-10(11)6-12(3,13(15,16)17)14(18,19)20;1-6-7(2)10-4-8(6)3-9(10)5-11(20,12(14,15)16)13(17,18)19/h7-11H,4-6H2,1-3H3;6-10,20H,3-5H2,1-2H3. The maximum Gasteiger partial charge on any atom is 0.426 e. The second kappa shape index (κ2) is 10.4. The summed E-state index contributed by atoms with van der Waals surface area (Å²) in [6.07, 6.45) is -21.6. The molecule has 4 saturated carbocycles. The molecule has 4 rings (SSSR count). The molecule has 0 saturated heterocycles. The quantitative estimate of drug-likeness (QED) is 0.316. The molecule has 13 heteroatoms. The molecule has 0 amide bonds. The Kier molecular flexibility index (Phi) is 8.73. The molecule has 236 valence electrons. The molecule has 4 aliphatic carbocycles. The van der Waals surface area contributed by atoms with Crippen LogP contribution in [0.1, 0.15) is 73.1 Å². The van der Waals surface area contributed by atoms with Crippen molar-refractivity contribution in [3.05, 3.63) is 0 Å². The first-order valence-electron chi connectivity index (χ1n) is 13.8. The molecule has 4 aliphatic rings. The van der Waals surface area contributed by atoms with Crippen LogP contribution < -0.4 is 0 Å². The molecule has 10 unspecified atom stereocenters. The van der Waals surface area contributed by atoms with Crippen LogP contribution in [-0.4, -0.2) is 35.4 Å². The molecule has 0 aromatic carbocycles. The van der Waals surface area contributed by atoms with Gasteiger partial charge in [-0.3, -0.25) is 0 Å². The van der Waals surface area contributed by atoms with Gasteiger partial charge < -0.3 is 5.11 Å². The van der Waals surface area contributed by atoms with Crippen molar-refractivity contribution in [2.24, 2.45) is 64.6 Å². The molecular weight excluding hydrogens is 568 g/mol. The molecule has 1 N–H and O–H groups in total. The zero-order chi connectivity index (χ0) is 31.0. The van der Waals surface area contributed by atoms with Crippen LogP contribution >= 0.6 is 0 Å². The molecule has 4 fully saturated rings. The van der Waals surface area contributed by atoms with E-state index in [2.05, 4.69) is 6.92 Å². The zero-order valence-electron chi connectivity index (χ0n) is 23.0. The van der Waals surface area contributed by atoms with Crippen molar-refractivity contribution in [3.63, 3.8) is 0 Å². The van der Waals surface area contributed by atoms with Crippen LogP contribution in [0.15, 0.2) is 0 Å². The number of alkyl halides is 12. The van der Waals surface area contributed by atoms with E-state index in [-0.39, 0.29) is 29.6 Å². The molecule has 40 heavy (non-hydrogen) atoms. The Balaban J connectivity index is 0.000000220. The van der Waals surface area contributed by atoms with E-state index >= 15 is 0 Å². The number of rotatable bonds is 4. The smallest absolute Gasteiger partial charge is 0.374 e. The van der Waals surface area contributed by atoms with E-state index in [1.165, 1.54) is 0 Å². The summed E-state index contributed by atoms with van der Waals surface area (Å²) in [4.78, 5) is 0. The van der Waals surface area contributed by atoms with Crippen molar-refractivity contribution >= 4 is 0 Å². The third kappa shape index (κ3) is 5.58. The average Bonchev–Trinajstić information content (AvgIpc) is 3.49. The van der Waals surface area contributed by atoms with Crippen molar-refractivity contribution < 1.29 is 57.8 Å². The monoisotopic (exact) mass is 606 g/mol. The number of halogens is 12. The lowest BCUT2D eigenvalue weighted by Gasteiger charge is -2.40. The van der Waals surface area contributed by atoms with Crippen LogP contribution in [0, 0.1) is 64.6 Å². The predicted octanol–water partition coefficient (Wildman–Crippen LogP) is 9.60. The highest BCUT2D eigenvalue weighted by atomic mass is 19.4. The van der Waals surface area contributed by atoms with Gasteiger partial charge in [0.15, 0.2) is 5.41 Å².